The molecular weight excluding hydrogens is 526 g/mol. The fourth-order valence-corrected chi connectivity index (χ4v) is 3.08. The van der Waals surface area contributed by atoms with E-state index < -0.39 is 17.8 Å². The van der Waals surface area contributed by atoms with Crippen molar-refractivity contribution >= 4 is 29.9 Å². The van der Waals surface area contributed by atoms with E-state index in [1.54, 1.807) is 13.1 Å². The van der Waals surface area contributed by atoms with E-state index in [1.165, 1.54) is 6.07 Å². The molecule has 3 rings (SSSR count). The molecule has 1 unspecified atom stereocenters. The van der Waals surface area contributed by atoms with Crippen molar-refractivity contribution in [1.82, 2.24) is 20.4 Å². The highest BCUT2D eigenvalue weighted by atomic mass is 127. The van der Waals surface area contributed by atoms with Crippen LogP contribution >= 0.6 is 24.0 Å². The molecule has 1 aromatic carbocycles. The Balaban J connectivity index is 0.00000341. The average Bonchev–Trinajstić information content (AvgIpc) is 3.18. The van der Waals surface area contributed by atoms with Crippen molar-refractivity contribution < 1.29 is 22.4 Å². The van der Waals surface area contributed by atoms with Crippen molar-refractivity contribution in [2.45, 2.75) is 45.0 Å². The second kappa shape index (κ2) is 10.2. The van der Waals surface area contributed by atoms with E-state index in [4.69, 9.17) is 9.26 Å². The number of alkyl halides is 3. The van der Waals surface area contributed by atoms with Gasteiger partial charge in [-0.25, -0.2) is 0 Å². The Labute approximate surface area is 196 Å². The second-order valence-corrected chi connectivity index (χ2v) is 8.10. The molecule has 0 amide bonds. The molecule has 0 aliphatic carbocycles. The van der Waals surface area contributed by atoms with Gasteiger partial charge < -0.3 is 19.5 Å². The number of nitrogens with zero attached hydrogens (tertiary/aromatic N) is 4. The van der Waals surface area contributed by atoms with Gasteiger partial charge in [-0.2, -0.15) is 18.2 Å². The van der Waals surface area contributed by atoms with E-state index in [0.717, 1.165) is 12.1 Å². The Bertz CT molecular complexity index is 895. The van der Waals surface area contributed by atoms with E-state index in [0.29, 0.717) is 49.5 Å². The fraction of sp³-hybridized carbons (Fsp3) is 0.550. The lowest BCUT2D eigenvalue weighted by Crippen LogP contribution is -2.48. The molecule has 0 radical (unpaired) electrons. The molecular formula is C20H27F3IN5O2. The highest BCUT2D eigenvalue weighted by molar-refractivity contribution is 14.0. The highest BCUT2D eigenvalue weighted by Crippen LogP contribution is 2.32. The number of nitrogens with one attached hydrogen (secondary N) is 1. The predicted octanol–water partition coefficient (Wildman–Crippen LogP) is 4.15. The lowest BCUT2D eigenvalue weighted by molar-refractivity contribution is -0.137. The summed E-state index contributed by atoms with van der Waals surface area (Å²) in [5.74, 6) is 1.64. The summed E-state index contributed by atoms with van der Waals surface area (Å²) in [5, 5.41) is 7.16. The highest BCUT2D eigenvalue weighted by Gasteiger charge is 2.32. The van der Waals surface area contributed by atoms with Crippen LogP contribution in [0.5, 0.6) is 0 Å². The minimum absolute atomic E-state index is 0. The summed E-state index contributed by atoms with van der Waals surface area (Å²) >= 11 is 0. The average molecular weight is 553 g/mol. The first-order valence-corrected chi connectivity index (χ1v) is 9.65. The van der Waals surface area contributed by atoms with E-state index in [9.17, 15) is 13.2 Å². The molecule has 0 bridgehead atoms. The third kappa shape index (κ3) is 6.55. The van der Waals surface area contributed by atoms with Crippen LogP contribution in [-0.4, -0.2) is 47.7 Å². The smallest absolute Gasteiger partial charge is 0.370 e. The summed E-state index contributed by atoms with van der Waals surface area (Å²) in [7, 11) is 1.65. The standard InChI is InChI=1S/C20H26F3N5O2.HI/c1-19(2,3)17-26-16(27-30-17)11-25-18(24-4)28-8-9-29-15(12-28)13-6-5-7-14(10-13)20(21,22)23;/h5-7,10,15H,8-9,11-12H2,1-4H3,(H,24,25);1H. The van der Waals surface area contributed by atoms with Gasteiger partial charge in [-0.1, -0.05) is 38.1 Å². The SMILES string of the molecule is CN=C(NCc1noc(C(C)(C)C)n1)N1CCOC(c2cccc(C(F)(F)F)c2)C1.I. The van der Waals surface area contributed by atoms with Gasteiger partial charge >= 0.3 is 6.18 Å². The minimum atomic E-state index is -4.39. The Morgan fingerprint density at radius 1 is 1.29 bits per heavy atom. The zero-order chi connectivity index (χ0) is 21.9. The van der Waals surface area contributed by atoms with Gasteiger partial charge in [-0.15, -0.1) is 24.0 Å². The van der Waals surface area contributed by atoms with Gasteiger partial charge in [0.2, 0.25) is 5.89 Å². The van der Waals surface area contributed by atoms with Crippen molar-refractivity contribution in [3.05, 3.63) is 47.1 Å². The van der Waals surface area contributed by atoms with Crippen LogP contribution in [0.3, 0.4) is 0 Å². The van der Waals surface area contributed by atoms with Crippen LogP contribution in [-0.2, 0) is 22.9 Å². The molecule has 172 valence electrons. The lowest BCUT2D eigenvalue weighted by Gasteiger charge is -2.35. The van der Waals surface area contributed by atoms with Crippen molar-refractivity contribution in [2.24, 2.45) is 4.99 Å². The molecule has 0 spiro atoms. The van der Waals surface area contributed by atoms with Crippen LogP contribution in [0.4, 0.5) is 13.2 Å². The van der Waals surface area contributed by atoms with Crippen LogP contribution < -0.4 is 5.32 Å². The van der Waals surface area contributed by atoms with Crippen LogP contribution in [0.15, 0.2) is 33.8 Å². The van der Waals surface area contributed by atoms with Crippen LogP contribution in [0.1, 0.15) is 49.7 Å². The molecule has 7 nitrogen and oxygen atoms in total. The molecule has 1 aliphatic heterocycles. The first-order chi connectivity index (χ1) is 14.1. The topological polar surface area (TPSA) is 75.8 Å². The number of ether oxygens (including phenoxy) is 1. The summed E-state index contributed by atoms with van der Waals surface area (Å²) in [4.78, 5) is 10.6. The minimum Gasteiger partial charge on any atom is -0.370 e. The van der Waals surface area contributed by atoms with Crippen molar-refractivity contribution in [3.63, 3.8) is 0 Å². The number of guanidine groups is 1. The Kier molecular flexibility index (Phi) is 8.31. The molecule has 31 heavy (non-hydrogen) atoms. The first kappa shape index (κ1) is 25.4. The van der Waals surface area contributed by atoms with Gasteiger partial charge in [0.15, 0.2) is 11.8 Å². The zero-order valence-electron chi connectivity index (χ0n) is 17.9. The van der Waals surface area contributed by atoms with Gasteiger partial charge in [0.25, 0.3) is 0 Å². The summed E-state index contributed by atoms with van der Waals surface area (Å²) in [6.45, 7) is 7.58. The van der Waals surface area contributed by atoms with Gasteiger partial charge in [0.05, 0.1) is 25.3 Å². The van der Waals surface area contributed by atoms with Crippen molar-refractivity contribution in [2.75, 3.05) is 26.7 Å². The molecule has 2 heterocycles. The third-order valence-electron chi connectivity index (χ3n) is 4.68. The molecule has 0 saturated carbocycles. The first-order valence-electron chi connectivity index (χ1n) is 9.65. The molecule has 1 atom stereocenters. The van der Waals surface area contributed by atoms with Gasteiger partial charge in [0, 0.05) is 19.0 Å². The van der Waals surface area contributed by atoms with E-state index in [-0.39, 0.29) is 29.4 Å². The Hall–Kier alpha value is -1.89. The van der Waals surface area contributed by atoms with Gasteiger partial charge in [0.1, 0.15) is 6.10 Å². The molecule has 1 N–H and O–H groups in total. The number of rotatable bonds is 3. The molecule has 2 aromatic rings. The lowest BCUT2D eigenvalue weighted by atomic mass is 9.97. The predicted molar refractivity (Wildman–Crippen MR) is 120 cm³/mol. The second-order valence-electron chi connectivity index (χ2n) is 8.10. The van der Waals surface area contributed by atoms with E-state index in [1.807, 2.05) is 25.7 Å². The normalized spacial score (nSPS) is 18.0. The number of aromatic nitrogens is 2. The van der Waals surface area contributed by atoms with Crippen molar-refractivity contribution in [3.8, 4) is 0 Å². The van der Waals surface area contributed by atoms with Crippen LogP contribution in [0.25, 0.3) is 0 Å². The molecule has 11 heteroatoms. The van der Waals surface area contributed by atoms with Gasteiger partial charge in [-0.05, 0) is 17.7 Å². The van der Waals surface area contributed by atoms with E-state index >= 15 is 0 Å². The number of hydrogen-bond donors (Lipinski definition) is 1. The van der Waals surface area contributed by atoms with Crippen LogP contribution in [0, 0.1) is 0 Å². The number of morpholine rings is 1. The maximum absolute atomic E-state index is 13.0. The summed E-state index contributed by atoms with van der Waals surface area (Å²) < 4.78 is 50.1. The summed E-state index contributed by atoms with van der Waals surface area (Å²) in [6, 6.07) is 5.24. The van der Waals surface area contributed by atoms with E-state index in [2.05, 4.69) is 20.4 Å². The number of hydrogen-bond acceptors (Lipinski definition) is 5. The number of benzene rings is 1. The quantitative estimate of drug-likeness (QED) is 0.350. The van der Waals surface area contributed by atoms with Crippen LogP contribution in [0.2, 0.25) is 0 Å². The fourth-order valence-electron chi connectivity index (χ4n) is 3.08. The number of halogens is 4. The third-order valence-corrected chi connectivity index (χ3v) is 4.68. The molecule has 1 aromatic heterocycles. The van der Waals surface area contributed by atoms with Gasteiger partial charge in [-0.3, -0.25) is 4.99 Å². The summed E-state index contributed by atoms with van der Waals surface area (Å²) in [5.41, 5.74) is -0.442. The number of aliphatic imine (C=N–C) groups is 1. The molecule has 1 fully saturated rings. The largest absolute Gasteiger partial charge is 0.416 e. The Morgan fingerprint density at radius 3 is 2.65 bits per heavy atom. The Morgan fingerprint density at radius 2 is 2.03 bits per heavy atom. The monoisotopic (exact) mass is 553 g/mol. The zero-order valence-corrected chi connectivity index (χ0v) is 20.2. The summed E-state index contributed by atoms with van der Waals surface area (Å²) in [6.07, 6.45) is -4.88. The maximum Gasteiger partial charge on any atom is 0.416 e. The molecule has 1 saturated heterocycles. The maximum atomic E-state index is 13.0. The molecule has 1 aliphatic rings. The van der Waals surface area contributed by atoms with Crippen molar-refractivity contribution in [1.29, 1.82) is 0 Å².